The maximum Gasteiger partial charge on any atom is 0.411 e. The summed E-state index contributed by atoms with van der Waals surface area (Å²) < 4.78 is 114. The minimum Gasteiger partial charge on any atom is -0.289 e. The quantitative estimate of drug-likeness (QED) is 0.0917. The number of hydrogen-bond acceptors (Lipinski definition) is 3. The molecule has 0 fully saturated rings. The molecule has 0 bridgehead atoms. The zero-order chi connectivity index (χ0) is 40.3. The largest absolute Gasteiger partial charge is 0.411 e. The Hall–Kier alpha value is -5.48. The normalized spacial score (nSPS) is 12.4. The van der Waals surface area contributed by atoms with Crippen LogP contribution in [0.3, 0.4) is 0 Å². The molecule has 0 atom stereocenters. The summed E-state index contributed by atoms with van der Waals surface area (Å²) in [5.41, 5.74) is 0.0800. The number of sulfone groups is 1. The summed E-state index contributed by atoms with van der Waals surface area (Å²) in [7, 11) is -3.83. The molecule has 0 saturated heterocycles. The number of ketones is 1. The van der Waals surface area contributed by atoms with Gasteiger partial charge in [-0.05, 0) is 97.2 Å². The number of benzene rings is 6. The lowest BCUT2D eigenvalue weighted by atomic mass is 9.72. The number of hydrogen-bond donors (Lipinski definition) is 0. The molecule has 0 aromatic heterocycles. The van der Waals surface area contributed by atoms with E-state index in [1.807, 2.05) is 55.5 Å². The standard InChI is InChI=1S/C46H38F6O3S/c1-31-3-19-37(20-4-31)43(53)38-21-11-33(12-22-38)7-9-35-15-27-41(28-16-35)56(54,55)42-29-17-36(18-30-42)10-8-34-13-25-40(26-14-34)44(45(47,48)49,46(50,51)52)39-23-5-32(2)6-24-39/h3-6,11-30H,7-10H2,1-2H3. The lowest BCUT2D eigenvalue weighted by Gasteiger charge is -2.38. The molecule has 0 aliphatic heterocycles. The molecule has 56 heavy (non-hydrogen) atoms. The van der Waals surface area contributed by atoms with E-state index < -0.39 is 38.7 Å². The third kappa shape index (κ3) is 8.35. The molecule has 288 valence electrons. The summed E-state index contributed by atoms with van der Waals surface area (Å²) >= 11 is 0. The molecule has 0 radical (unpaired) electrons. The van der Waals surface area contributed by atoms with E-state index in [1.165, 1.54) is 36.4 Å². The van der Waals surface area contributed by atoms with E-state index in [2.05, 4.69) is 0 Å². The van der Waals surface area contributed by atoms with E-state index in [0.717, 1.165) is 46.5 Å². The minimum atomic E-state index is -5.66. The van der Waals surface area contributed by atoms with Crippen LogP contribution >= 0.6 is 0 Å². The molecular weight excluding hydrogens is 747 g/mol. The Labute approximate surface area is 322 Å². The summed E-state index contributed by atoms with van der Waals surface area (Å²) in [5, 5.41) is 0. The van der Waals surface area contributed by atoms with Gasteiger partial charge in [0.15, 0.2) is 5.78 Å². The zero-order valence-electron chi connectivity index (χ0n) is 30.6. The van der Waals surface area contributed by atoms with Crippen LogP contribution in [0.1, 0.15) is 60.4 Å². The van der Waals surface area contributed by atoms with Gasteiger partial charge in [-0.3, -0.25) is 4.79 Å². The number of halogens is 6. The van der Waals surface area contributed by atoms with Crippen molar-refractivity contribution in [3.05, 3.63) is 201 Å². The SMILES string of the molecule is Cc1ccc(C(=O)c2ccc(CCc3ccc(S(=O)(=O)c4ccc(CCc5ccc(C(c6ccc(C)cc6)(C(F)(F)F)C(F)(F)F)cc5)cc4)cc3)cc2)cc1. The van der Waals surface area contributed by atoms with Gasteiger partial charge in [0.05, 0.1) is 9.79 Å². The summed E-state index contributed by atoms with van der Waals surface area (Å²) in [6.45, 7) is 3.55. The van der Waals surface area contributed by atoms with Crippen LogP contribution in [0.4, 0.5) is 26.3 Å². The van der Waals surface area contributed by atoms with Gasteiger partial charge >= 0.3 is 12.4 Å². The molecule has 6 rings (SSSR count). The predicted octanol–water partition coefficient (Wildman–Crippen LogP) is 11.3. The summed E-state index contributed by atoms with van der Waals surface area (Å²) in [4.78, 5) is 13.0. The fourth-order valence-corrected chi connectivity index (χ4v) is 8.05. The highest BCUT2D eigenvalue weighted by molar-refractivity contribution is 7.91. The third-order valence-corrected chi connectivity index (χ3v) is 11.9. The second-order valence-electron chi connectivity index (χ2n) is 14.0. The van der Waals surface area contributed by atoms with Gasteiger partial charge in [-0.2, -0.15) is 26.3 Å². The van der Waals surface area contributed by atoms with Crippen molar-refractivity contribution in [2.24, 2.45) is 0 Å². The first-order valence-corrected chi connectivity index (χ1v) is 19.4. The minimum absolute atomic E-state index is 0.0417. The number of rotatable bonds is 12. The van der Waals surface area contributed by atoms with Crippen LogP contribution < -0.4 is 0 Å². The number of aryl methyl sites for hydroxylation is 6. The molecule has 10 heteroatoms. The Kier molecular flexibility index (Phi) is 11.4. The van der Waals surface area contributed by atoms with Crippen molar-refractivity contribution in [1.82, 2.24) is 0 Å². The fraction of sp³-hybridized carbons (Fsp3) is 0.196. The Morgan fingerprint density at radius 1 is 0.429 bits per heavy atom. The van der Waals surface area contributed by atoms with Gasteiger partial charge in [0.1, 0.15) is 0 Å². The van der Waals surface area contributed by atoms with E-state index in [0.29, 0.717) is 47.9 Å². The molecule has 6 aromatic rings. The number of carbonyl (C=O) groups excluding carboxylic acids is 1. The third-order valence-electron chi connectivity index (χ3n) is 10.1. The van der Waals surface area contributed by atoms with Crippen molar-refractivity contribution in [3.63, 3.8) is 0 Å². The predicted molar refractivity (Wildman–Crippen MR) is 205 cm³/mol. The van der Waals surface area contributed by atoms with E-state index >= 15 is 0 Å². The topological polar surface area (TPSA) is 51.2 Å². The summed E-state index contributed by atoms with van der Waals surface area (Å²) in [5.74, 6) is -0.0417. The molecular formula is C46H38F6O3S. The Bertz CT molecular complexity index is 2370. The smallest absolute Gasteiger partial charge is 0.289 e. The van der Waals surface area contributed by atoms with Gasteiger partial charge < -0.3 is 0 Å². The van der Waals surface area contributed by atoms with Crippen LogP contribution in [0.15, 0.2) is 155 Å². The highest BCUT2D eigenvalue weighted by Crippen LogP contribution is 2.56. The van der Waals surface area contributed by atoms with E-state index in [4.69, 9.17) is 0 Å². The van der Waals surface area contributed by atoms with Crippen molar-refractivity contribution in [2.45, 2.75) is 67.1 Å². The molecule has 0 aliphatic carbocycles. The maximum absolute atomic E-state index is 14.5. The van der Waals surface area contributed by atoms with Crippen molar-refractivity contribution in [3.8, 4) is 0 Å². The van der Waals surface area contributed by atoms with Crippen LogP contribution in [0, 0.1) is 13.8 Å². The first kappa shape index (κ1) is 40.2. The van der Waals surface area contributed by atoms with E-state index in [1.54, 1.807) is 43.3 Å². The molecule has 0 heterocycles. The first-order valence-electron chi connectivity index (χ1n) is 17.9. The van der Waals surface area contributed by atoms with Crippen LogP contribution in [0.2, 0.25) is 0 Å². The maximum atomic E-state index is 14.5. The molecule has 0 unspecified atom stereocenters. The highest BCUT2D eigenvalue weighted by atomic mass is 32.2. The van der Waals surface area contributed by atoms with Gasteiger partial charge in [0.25, 0.3) is 0 Å². The lowest BCUT2D eigenvalue weighted by Crippen LogP contribution is -2.54. The molecule has 0 spiro atoms. The van der Waals surface area contributed by atoms with Gasteiger partial charge in [0.2, 0.25) is 15.3 Å². The second kappa shape index (κ2) is 15.9. The fourth-order valence-electron chi connectivity index (χ4n) is 6.79. The van der Waals surface area contributed by atoms with Crippen molar-refractivity contribution in [2.75, 3.05) is 0 Å². The summed E-state index contributed by atoms with van der Waals surface area (Å²) in [6.07, 6.45) is -9.27. The Balaban J connectivity index is 1.07. The molecule has 0 saturated carbocycles. The second-order valence-corrected chi connectivity index (χ2v) is 15.9. The van der Waals surface area contributed by atoms with Gasteiger partial charge in [-0.15, -0.1) is 0 Å². The molecule has 0 aliphatic rings. The molecule has 0 N–H and O–H groups in total. The average molecular weight is 785 g/mol. The van der Waals surface area contributed by atoms with Crippen LogP contribution in [0.25, 0.3) is 0 Å². The van der Waals surface area contributed by atoms with Gasteiger partial charge in [-0.25, -0.2) is 8.42 Å². The lowest BCUT2D eigenvalue weighted by molar-refractivity contribution is -0.288. The molecule has 3 nitrogen and oxygen atoms in total. The van der Waals surface area contributed by atoms with Crippen LogP contribution in [-0.2, 0) is 40.9 Å². The van der Waals surface area contributed by atoms with Crippen LogP contribution in [-0.4, -0.2) is 26.6 Å². The average Bonchev–Trinajstić information content (AvgIpc) is 3.17. The zero-order valence-corrected chi connectivity index (χ0v) is 31.4. The molecule has 0 amide bonds. The Morgan fingerprint density at radius 2 is 0.696 bits per heavy atom. The Morgan fingerprint density at radius 3 is 1.04 bits per heavy atom. The summed E-state index contributed by atoms with van der Waals surface area (Å²) in [6, 6.07) is 36.3. The van der Waals surface area contributed by atoms with Crippen molar-refractivity contribution >= 4 is 15.6 Å². The highest BCUT2D eigenvalue weighted by Gasteiger charge is 2.72. The monoisotopic (exact) mass is 784 g/mol. The van der Waals surface area contributed by atoms with Crippen molar-refractivity contribution in [1.29, 1.82) is 0 Å². The van der Waals surface area contributed by atoms with E-state index in [-0.39, 0.29) is 15.6 Å². The number of carbonyl (C=O) groups is 1. The van der Waals surface area contributed by atoms with E-state index in [9.17, 15) is 39.6 Å². The van der Waals surface area contributed by atoms with Gasteiger partial charge in [0, 0.05) is 11.1 Å². The molecule has 6 aromatic carbocycles. The van der Waals surface area contributed by atoms with Gasteiger partial charge in [-0.1, -0.05) is 132 Å². The van der Waals surface area contributed by atoms with Crippen LogP contribution in [0.5, 0.6) is 0 Å². The first-order chi connectivity index (χ1) is 26.5. The van der Waals surface area contributed by atoms with Crippen molar-refractivity contribution < 1.29 is 39.6 Å². The number of alkyl halides is 6.